The van der Waals surface area contributed by atoms with Gasteiger partial charge in [-0.25, -0.2) is 0 Å². The molecule has 2 atom stereocenters. The van der Waals surface area contributed by atoms with Gasteiger partial charge in [0, 0.05) is 49.9 Å². The fraction of sp³-hybridized carbons (Fsp3) is 0.562. The molecule has 2 aromatic rings. The average molecular weight is 904 g/mol. The molecule has 17 heteroatoms. The Morgan fingerprint density at radius 1 is 0.785 bits per heavy atom. The molecular weight excluding hydrogens is 835 g/mol. The number of hydrogen-bond acceptors (Lipinski definition) is 10. The summed E-state index contributed by atoms with van der Waals surface area (Å²) in [5.74, 6) is -4.25. The van der Waals surface area contributed by atoms with Crippen molar-refractivity contribution in [2.24, 2.45) is 23.2 Å². The van der Waals surface area contributed by atoms with E-state index in [-0.39, 0.29) is 79.8 Å². The lowest BCUT2D eigenvalue weighted by Gasteiger charge is -2.40. The Hall–Kier alpha value is -6.13. The van der Waals surface area contributed by atoms with E-state index in [1.807, 2.05) is 48.5 Å². The van der Waals surface area contributed by atoms with Crippen LogP contribution >= 0.6 is 0 Å². The number of hydrogen-bond donors (Lipinski definition) is 5. The largest absolute Gasteiger partial charge is 0.461 e. The summed E-state index contributed by atoms with van der Waals surface area (Å²) in [6, 6.07) is 12.8. The Balaban J connectivity index is 1.55. The zero-order valence-electron chi connectivity index (χ0n) is 39.7. The van der Waals surface area contributed by atoms with Gasteiger partial charge in [-0.05, 0) is 61.4 Å². The highest BCUT2D eigenvalue weighted by Crippen LogP contribution is 2.35. The minimum Gasteiger partial charge on any atom is -0.461 e. The summed E-state index contributed by atoms with van der Waals surface area (Å²) in [4.78, 5) is 118. The molecule has 0 aromatic heterocycles. The number of anilines is 1. The van der Waals surface area contributed by atoms with Crippen molar-refractivity contribution in [3.63, 3.8) is 0 Å². The summed E-state index contributed by atoms with van der Waals surface area (Å²) in [5, 5.41) is 12.9. The highest BCUT2D eigenvalue weighted by Gasteiger charge is 2.40. The van der Waals surface area contributed by atoms with Crippen LogP contribution in [0.2, 0.25) is 0 Å². The van der Waals surface area contributed by atoms with Gasteiger partial charge in [-0.15, -0.1) is 0 Å². The van der Waals surface area contributed by atoms with Crippen LogP contribution in [-0.4, -0.2) is 102 Å². The van der Waals surface area contributed by atoms with Crippen molar-refractivity contribution >= 4 is 58.9 Å². The second kappa shape index (κ2) is 24.2. The van der Waals surface area contributed by atoms with Crippen molar-refractivity contribution in [1.29, 1.82) is 0 Å². The SMILES string of the molecule is CC(C)C(=O)OCc1ccc(NC(=O)CNC(=O)C(Cc2ccccc2)NC(=O)CNC(=O)CNC(=O)CCCCCN2C(=O)CC(C(C)C)C2=O)cc1C(C)(C)N(C)C(=O)C(C)(C)C. The summed E-state index contributed by atoms with van der Waals surface area (Å²) >= 11 is 0. The predicted octanol–water partition coefficient (Wildman–Crippen LogP) is 3.73. The summed E-state index contributed by atoms with van der Waals surface area (Å²) < 4.78 is 5.54. The molecule has 356 valence electrons. The maximum absolute atomic E-state index is 13.5. The Kier molecular flexibility index (Phi) is 19.8. The third kappa shape index (κ3) is 16.4. The van der Waals surface area contributed by atoms with E-state index in [1.54, 1.807) is 74.3 Å². The minimum atomic E-state index is -1.12. The molecule has 3 rings (SSSR count). The highest BCUT2D eigenvalue weighted by molar-refractivity contribution is 6.03. The van der Waals surface area contributed by atoms with Gasteiger partial charge in [0.1, 0.15) is 12.6 Å². The number of likely N-dealkylation sites (tertiary alicyclic amines) is 1. The van der Waals surface area contributed by atoms with Crippen molar-refractivity contribution in [3.05, 3.63) is 65.2 Å². The molecule has 0 bridgehead atoms. The zero-order chi connectivity index (χ0) is 48.6. The predicted molar refractivity (Wildman–Crippen MR) is 244 cm³/mol. The molecule has 5 N–H and O–H groups in total. The Morgan fingerprint density at radius 2 is 1.42 bits per heavy atom. The molecule has 65 heavy (non-hydrogen) atoms. The van der Waals surface area contributed by atoms with Gasteiger partial charge in [-0.3, -0.25) is 48.1 Å². The smallest absolute Gasteiger partial charge is 0.308 e. The van der Waals surface area contributed by atoms with E-state index in [0.29, 0.717) is 42.6 Å². The molecule has 0 spiro atoms. The van der Waals surface area contributed by atoms with Crippen LogP contribution in [0.25, 0.3) is 0 Å². The first-order chi connectivity index (χ1) is 30.4. The molecule has 1 aliphatic heterocycles. The lowest BCUT2D eigenvalue weighted by atomic mass is 9.85. The Bertz CT molecular complexity index is 2040. The third-order valence-corrected chi connectivity index (χ3v) is 11.3. The van der Waals surface area contributed by atoms with Gasteiger partial charge in [0.15, 0.2) is 0 Å². The fourth-order valence-corrected chi connectivity index (χ4v) is 7.11. The number of carbonyl (C=O) groups excluding carboxylic acids is 9. The number of unbranched alkanes of at least 4 members (excludes halogenated alkanes) is 2. The summed E-state index contributed by atoms with van der Waals surface area (Å²) in [5.41, 5.74) is 0.780. The van der Waals surface area contributed by atoms with Crippen molar-refractivity contribution < 1.29 is 47.9 Å². The number of ether oxygens (including phenoxy) is 1. The molecule has 17 nitrogen and oxygen atoms in total. The molecule has 1 fully saturated rings. The van der Waals surface area contributed by atoms with Crippen LogP contribution in [-0.2, 0) is 66.5 Å². The Labute approximate surface area is 382 Å². The van der Waals surface area contributed by atoms with Gasteiger partial charge >= 0.3 is 5.97 Å². The van der Waals surface area contributed by atoms with Crippen LogP contribution in [0.15, 0.2) is 48.5 Å². The number of nitrogens with one attached hydrogen (secondary N) is 5. The maximum atomic E-state index is 13.5. The van der Waals surface area contributed by atoms with Gasteiger partial charge in [0.05, 0.1) is 31.1 Å². The fourth-order valence-electron chi connectivity index (χ4n) is 7.11. The molecule has 1 saturated heterocycles. The quantitative estimate of drug-likeness (QED) is 0.0617. The third-order valence-electron chi connectivity index (χ3n) is 11.3. The number of rotatable bonds is 23. The Morgan fingerprint density at radius 3 is 2.03 bits per heavy atom. The summed E-state index contributed by atoms with van der Waals surface area (Å²) in [6.45, 7) is 15.4. The van der Waals surface area contributed by atoms with Crippen molar-refractivity contribution in [2.45, 2.75) is 119 Å². The normalized spacial score (nSPS) is 14.5. The highest BCUT2D eigenvalue weighted by atomic mass is 16.5. The molecule has 1 aliphatic rings. The number of imide groups is 1. The van der Waals surface area contributed by atoms with Gasteiger partial charge in [0.25, 0.3) is 0 Å². The lowest BCUT2D eigenvalue weighted by molar-refractivity contribution is -0.149. The van der Waals surface area contributed by atoms with Gasteiger partial charge < -0.3 is 36.2 Å². The van der Waals surface area contributed by atoms with Gasteiger partial charge in [-0.2, -0.15) is 0 Å². The van der Waals surface area contributed by atoms with E-state index in [4.69, 9.17) is 4.74 Å². The zero-order valence-corrected chi connectivity index (χ0v) is 39.7. The maximum Gasteiger partial charge on any atom is 0.308 e. The lowest BCUT2D eigenvalue weighted by Crippen LogP contribution is -2.52. The average Bonchev–Trinajstić information content (AvgIpc) is 3.54. The number of amides is 8. The molecule has 2 unspecified atom stereocenters. The van der Waals surface area contributed by atoms with E-state index in [1.165, 1.54) is 4.90 Å². The van der Waals surface area contributed by atoms with Crippen molar-refractivity contribution in [3.8, 4) is 0 Å². The van der Waals surface area contributed by atoms with Crippen LogP contribution in [0.1, 0.15) is 111 Å². The molecule has 1 heterocycles. The number of esters is 1. The molecule has 0 saturated carbocycles. The van der Waals surface area contributed by atoms with E-state index >= 15 is 0 Å². The van der Waals surface area contributed by atoms with E-state index in [0.717, 1.165) is 5.56 Å². The van der Waals surface area contributed by atoms with Crippen LogP contribution in [0, 0.1) is 23.2 Å². The van der Waals surface area contributed by atoms with Crippen LogP contribution in [0.4, 0.5) is 5.69 Å². The van der Waals surface area contributed by atoms with Gasteiger partial charge in [-0.1, -0.05) is 91.3 Å². The van der Waals surface area contributed by atoms with Crippen molar-refractivity contribution in [2.75, 3.05) is 38.5 Å². The van der Waals surface area contributed by atoms with E-state index in [2.05, 4.69) is 26.6 Å². The van der Waals surface area contributed by atoms with Crippen LogP contribution in [0.3, 0.4) is 0 Å². The summed E-state index contributed by atoms with van der Waals surface area (Å²) in [7, 11) is 1.69. The monoisotopic (exact) mass is 904 g/mol. The standard InChI is InChI=1S/C48H69N7O10/c1-30(2)35-25-42(60)55(44(35)62)22-16-12-15-19-38(56)49-26-39(57)50-27-41(59)53-37(23-32-17-13-11-14-18-32)43(61)51-28-40(58)52-34-21-20-33(29-65-45(63)31(3)4)36(24-34)48(8,9)54(10)46(64)47(5,6)7/h11,13-14,17-18,20-21,24,30-31,35,37H,12,15-16,19,22-23,25-29H2,1-10H3,(H,49,56)(H,50,57)(H,51,61)(H,52,58)(H,53,59). The first kappa shape index (κ1) is 53.2. The van der Waals surface area contributed by atoms with Gasteiger partial charge in [0.2, 0.25) is 47.3 Å². The molecule has 0 aliphatic carbocycles. The van der Waals surface area contributed by atoms with E-state index < -0.39 is 53.7 Å². The minimum absolute atomic E-state index is 0.0525. The van der Waals surface area contributed by atoms with Crippen LogP contribution in [0.5, 0.6) is 0 Å². The number of carbonyl (C=O) groups is 9. The second-order valence-corrected chi connectivity index (χ2v) is 18.7. The molecular formula is C48H69N7O10. The van der Waals surface area contributed by atoms with Crippen LogP contribution < -0.4 is 26.6 Å². The summed E-state index contributed by atoms with van der Waals surface area (Å²) in [6.07, 6.45) is 2.12. The molecule has 8 amide bonds. The molecule has 2 aromatic carbocycles. The first-order valence-electron chi connectivity index (χ1n) is 22.3. The first-order valence-corrected chi connectivity index (χ1v) is 22.3. The number of nitrogens with zero attached hydrogens (tertiary/aromatic N) is 2. The van der Waals surface area contributed by atoms with Crippen molar-refractivity contribution in [1.82, 2.24) is 31.1 Å². The number of benzene rings is 2. The van der Waals surface area contributed by atoms with E-state index in [9.17, 15) is 43.2 Å². The second-order valence-electron chi connectivity index (χ2n) is 18.7. The topological polar surface area (TPSA) is 229 Å². The molecule has 0 radical (unpaired) electrons.